The molecule has 0 fully saturated rings. The van der Waals surface area contributed by atoms with E-state index in [9.17, 15) is 9.59 Å². The second-order valence-electron chi connectivity index (χ2n) is 4.19. The van der Waals surface area contributed by atoms with Gasteiger partial charge < -0.3 is 0 Å². The fourth-order valence-electron chi connectivity index (χ4n) is 1.69. The van der Waals surface area contributed by atoms with E-state index < -0.39 is 26.5 Å². The van der Waals surface area contributed by atoms with E-state index in [0.717, 1.165) is 3.57 Å². The number of nitrogens with zero attached hydrogens (tertiary/aromatic N) is 1. The molecule has 0 saturated carbocycles. The standard InChI is InChI=1S/C16H16INO4/c1-13(19)22-17(15-11-7-4-8-12-15)18(21-2)16(20)14-9-5-3-6-10-14/h3-12H,1-2H3. The molecule has 0 aliphatic rings. The van der Waals surface area contributed by atoms with E-state index in [2.05, 4.69) is 0 Å². The molecule has 5 nitrogen and oxygen atoms in total. The Labute approximate surface area is 137 Å². The SMILES string of the molecule is CON(C(=O)c1ccccc1)I(OC(C)=O)c1ccccc1. The van der Waals surface area contributed by atoms with Gasteiger partial charge in [0.1, 0.15) is 0 Å². The Morgan fingerprint density at radius 2 is 1.50 bits per heavy atom. The van der Waals surface area contributed by atoms with Crippen LogP contribution in [-0.2, 0) is 12.7 Å². The average Bonchev–Trinajstić information content (AvgIpc) is 2.55. The van der Waals surface area contributed by atoms with Gasteiger partial charge in [-0.15, -0.1) is 0 Å². The zero-order chi connectivity index (χ0) is 15.9. The molecule has 22 heavy (non-hydrogen) atoms. The van der Waals surface area contributed by atoms with Crippen molar-refractivity contribution < 1.29 is 17.5 Å². The van der Waals surface area contributed by atoms with E-state index in [-0.39, 0.29) is 5.91 Å². The summed E-state index contributed by atoms with van der Waals surface area (Å²) in [6.07, 6.45) is 0. The van der Waals surface area contributed by atoms with Crippen LogP contribution in [0.25, 0.3) is 0 Å². The summed E-state index contributed by atoms with van der Waals surface area (Å²) in [6.45, 7) is 1.33. The summed E-state index contributed by atoms with van der Waals surface area (Å²) >= 11 is -2.79. The van der Waals surface area contributed by atoms with E-state index in [4.69, 9.17) is 7.90 Å². The third-order valence-corrected chi connectivity index (χ3v) is 7.03. The molecule has 2 aromatic carbocycles. The summed E-state index contributed by atoms with van der Waals surface area (Å²) in [5.74, 6) is -0.754. The van der Waals surface area contributed by atoms with Gasteiger partial charge in [-0.05, 0) is 0 Å². The zero-order valence-electron chi connectivity index (χ0n) is 12.2. The maximum atomic E-state index is 12.6. The topological polar surface area (TPSA) is 55.8 Å². The van der Waals surface area contributed by atoms with E-state index >= 15 is 0 Å². The van der Waals surface area contributed by atoms with Crippen LogP contribution in [0.5, 0.6) is 0 Å². The molecule has 0 aromatic heterocycles. The van der Waals surface area contributed by atoms with Crippen LogP contribution in [0.1, 0.15) is 17.3 Å². The van der Waals surface area contributed by atoms with Crippen LogP contribution in [0.4, 0.5) is 0 Å². The fraction of sp³-hybridized carbons (Fsp3) is 0.125. The first-order chi connectivity index (χ1) is 10.6. The first-order valence-electron chi connectivity index (χ1n) is 6.51. The molecule has 0 aliphatic heterocycles. The first-order valence-corrected chi connectivity index (χ1v) is 9.43. The van der Waals surface area contributed by atoms with Crippen molar-refractivity contribution in [3.8, 4) is 0 Å². The van der Waals surface area contributed by atoms with Crippen LogP contribution in [0.3, 0.4) is 0 Å². The molecule has 0 unspecified atom stereocenters. The fourth-order valence-corrected chi connectivity index (χ4v) is 5.28. The van der Waals surface area contributed by atoms with Crippen LogP contribution >= 0.6 is 20.5 Å². The van der Waals surface area contributed by atoms with Gasteiger partial charge in [-0.3, -0.25) is 0 Å². The van der Waals surface area contributed by atoms with Crippen LogP contribution in [0.2, 0.25) is 0 Å². The number of hydrogen-bond acceptors (Lipinski definition) is 4. The van der Waals surface area contributed by atoms with Crippen LogP contribution in [0.15, 0.2) is 60.7 Å². The average molecular weight is 413 g/mol. The van der Waals surface area contributed by atoms with Crippen molar-refractivity contribution in [1.82, 2.24) is 3.28 Å². The Morgan fingerprint density at radius 1 is 0.955 bits per heavy atom. The quantitative estimate of drug-likeness (QED) is 0.428. The molecule has 6 heteroatoms. The third-order valence-electron chi connectivity index (χ3n) is 2.58. The van der Waals surface area contributed by atoms with E-state index in [1.165, 1.54) is 17.3 Å². The summed E-state index contributed by atoms with van der Waals surface area (Å²) in [6, 6.07) is 18.0. The van der Waals surface area contributed by atoms with Gasteiger partial charge in [-0.2, -0.15) is 0 Å². The van der Waals surface area contributed by atoms with Crippen molar-refractivity contribution in [3.63, 3.8) is 0 Å². The molecular formula is C16H16INO4. The molecule has 0 atom stereocenters. The van der Waals surface area contributed by atoms with E-state index in [0.29, 0.717) is 5.56 Å². The van der Waals surface area contributed by atoms with Gasteiger partial charge in [0.15, 0.2) is 0 Å². The number of hydroxylamine groups is 1. The van der Waals surface area contributed by atoms with Crippen molar-refractivity contribution >= 4 is 32.4 Å². The number of hydrogen-bond donors (Lipinski definition) is 0. The summed E-state index contributed by atoms with van der Waals surface area (Å²) in [5.41, 5.74) is 0.481. The molecule has 2 aromatic rings. The van der Waals surface area contributed by atoms with Gasteiger partial charge in [-0.25, -0.2) is 0 Å². The Balaban J connectivity index is 2.35. The van der Waals surface area contributed by atoms with Crippen LogP contribution < -0.4 is 0 Å². The van der Waals surface area contributed by atoms with E-state index in [1.807, 2.05) is 36.4 Å². The molecule has 116 valence electrons. The summed E-state index contributed by atoms with van der Waals surface area (Å²) in [5, 5.41) is 0. The van der Waals surface area contributed by atoms with Crippen molar-refractivity contribution in [1.29, 1.82) is 0 Å². The Hall–Kier alpha value is -1.93. The monoisotopic (exact) mass is 413 g/mol. The van der Waals surface area contributed by atoms with Gasteiger partial charge in [0.25, 0.3) is 0 Å². The van der Waals surface area contributed by atoms with Crippen molar-refractivity contribution in [2.75, 3.05) is 7.11 Å². The molecule has 0 bridgehead atoms. The Bertz CT molecular complexity index is 633. The second-order valence-corrected chi connectivity index (χ2v) is 8.07. The van der Waals surface area contributed by atoms with E-state index in [1.54, 1.807) is 24.3 Å². The number of carbonyl (C=O) groups excluding carboxylic acids is 2. The molecule has 0 aliphatic carbocycles. The molecule has 0 spiro atoms. The number of benzene rings is 2. The summed E-state index contributed by atoms with van der Waals surface area (Å²) in [7, 11) is 1.40. The zero-order valence-corrected chi connectivity index (χ0v) is 14.4. The second kappa shape index (κ2) is 7.90. The summed E-state index contributed by atoms with van der Waals surface area (Å²) in [4.78, 5) is 29.3. The molecule has 0 N–H and O–H groups in total. The van der Waals surface area contributed by atoms with Gasteiger partial charge in [0.05, 0.1) is 0 Å². The Morgan fingerprint density at radius 3 is 2.00 bits per heavy atom. The predicted molar refractivity (Wildman–Crippen MR) is 90.5 cm³/mol. The van der Waals surface area contributed by atoms with Crippen molar-refractivity contribution in [3.05, 3.63) is 69.8 Å². The molecule has 0 radical (unpaired) electrons. The van der Waals surface area contributed by atoms with Gasteiger partial charge in [-0.1, -0.05) is 0 Å². The third kappa shape index (κ3) is 4.05. The van der Waals surface area contributed by atoms with Gasteiger partial charge in [0.2, 0.25) is 0 Å². The minimum atomic E-state index is -2.79. The number of halogens is 1. The maximum absolute atomic E-state index is 12.6. The first kappa shape index (κ1) is 16.4. The van der Waals surface area contributed by atoms with Crippen LogP contribution in [0, 0.1) is 3.57 Å². The van der Waals surface area contributed by atoms with Crippen molar-refractivity contribution in [2.45, 2.75) is 6.92 Å². The van der Waals surface area contributed by atoms with Gasteiger partial charge >= 0.3 is 137 Å². The van der Waals surface area contributed by atoms with Crippen LogP contribution in [-0.4, -0.2) is 22.3 Å². The number of amides is 1. The molecular weight excluding hydrogens is 397 g/mol. The number of carbonyl (C=O) groups is 2. The molecule has 1 amide bonds. The van der Waals surface area contributed by atoms with Crippen molar-refractivity contribution in [2.24, 2.45) is 0 Å². The minimum absolute atomic E-state index is 0.321. The molecule has 0 saturated heterocycles. The van der Waals surface area contributed by atoms with Gasteiger partial charge in [0, 0.05) is 0 Å². The Kier molecular flexibility index (Phi) is 5.91. The number of rotatable bonds is 5. The molecule has 2 rings (SSSR count). The summed E-state index contributed by atoms with van der Waals surface area (Å²) < 4.78 is 7.43. The normalized spacial score (nSPS) is 10.7. The predicted octanol–water partition coefficient (Wildman–Crippen LogP) is 3.46. The molecule has 0 heterocycles.